The lowest BCUT2D eigenvalue weighted by Crippen LogP contribution is -2.19. The number of pyridine rings is 1. The Morgan fingerprint density at radius 3 is 2.50 bits per heavy atom. The quantitative estimate of drug-likeness (QED) is 0.591. The molecule has 3 rings (SSSR count). The molecule has 2 N–H and O–H groups in total. The van der Waals surface area contributed by atoms with E-state index in [1.165, 1.54) is 31.7 Å². The van der Waals surface area contributed by atoms with Gasteiger partial charge in [0.25, 0.3) is 0 Å². The molecule has 0 spiro atoms. The minimum absolute atomic E-state index is 0.0503. The molecule has 1 aromatic rings. The van der Waals surface area contributed by atoms with Crippen molar-refractivity contribution in [3.05, 3.63) is 22.2 Å². The highest BCUT2D eigenvalue weighted by atomic mass is 16.6. The van der Waals surface area contributed by atoms with E-state index in [-0.39, 0.29) is 10.6 Å². The lowest BCUT2D eigenvalue weighted by Gasteiger charge is -2.16. The minimum Gasteiger partial charge on any atom is -0.373 e. The molecule has 0 amide bonds. The van der Waals surface area contributed by atoms with Crippen LogP contribution >= 0.6 is 0 Å². The Balaban J connectivity index is 1.72. The summed E-state index contributed by atoms with van der Waals surface area (Å²) in [5, 5.41) is 17.2. The van der Waals surface area contributed by atoms with Crippen LogP contribution in [0, 0.1) is 27.9 Å². The van der Waals surface area contributed by atoms with Gasteiger partial charge in [0.15, 0.2) is 0 Å². The summed E-state index contributed by atoms with van der Waals surface area (Å²) in [6.45, 7) is 0.802. The van der Waals surface area contributed by atoms with Gasteiger partial charge in [-0.2, -0.15) is 0 Å². The Morgan fingerprint density at radius 2 is 2.00 bits per heavy atom. The maximum atomic E-state index is 11.1. The summed E-state index contributed by atoms with van der Waals surface area (Å²) in [5.74, 6) is 3.33. The van der Waals surface area contributed by atoms with Gasteiger partial charge in [-0.1, -0.05) is 0 Å². The molecule has 0 unspecified atom stereocenters. The van der Waals surface area contributed by atoms with Gasteiger partial charge in [-0.25, -0.2) is 4.98 Å². The molecule has 1 heterocycles. The van der Waals surface area contributed by atoms with Gasteiger partial charge in [0, 0.05) is 19.7 Å². The van der Waals surface area contributed by atoms with Crippen molar-refractivity contribution in [1.82, 2.24) is 4.98 Å². The zero-order chi connectivity index (χ0) is 14.1. The van der Waals surface area contributed by atoms with Gasteiger partial charge >= 0.3 is 5.69 Å². The minimum atomic E-state index is -0.377. The van der Waals surface area contributed by atoms with Crippen LogP contribution in [0.25, 0.3) is 0 Å². The number of nitrogens with one attached hydrogen (secondary N) is 2. The molecule has 0 saturated heterocycles. The lowest BCUT2D eigenvalue weighted by molar-refractivity contribution is -0.384. The molecular formula is C14H20N4O2. The summed E-state index contributed by atoms with van der Waals surface area (Å²) < 4.78 is 0. The van der Waals surface area contributed by atoms with E-state index in [9.17, 15) is 10.1 Å². The van der Waals surface area contributed by atoms with Crippen LogP contribution in [0.4, 0.5) is 17.3 Å². The van der Waals surface area contributed by atoms with E-state index in [0.29, 0.717) is 17.6 Å². The van der Waals surface area contributed by atoms with E-state index in [0.717, 1.165) is 18.4 Å². The first-order valence-corrected chi connectivity index (χ1v) is 7.26. The highest BCUT2D eigenvalue weighted by Gasteiger charge is 2.41. The second-order valence-corrected chi connectivity index (χ2v) is 5.79. The molecule has 108 valence electrons. The highest BCUT2D eigenvalue weighted by molar-refractivity contribution is 5.60. The third kappa shape index (κ3) is 2.84. The number of anilines is 2. The van der Waals surface area contributed by atoms with E-state index in [2.05, 4.69) is 15.6 Å². The molecule has 6 heteroatoms. The lowest BCUT2D eigenvalue weighted by atomic mass is 9.98. The van der Waals surface area contributed by atoms with E-state index in [4.69, 9.17) is 0 Å². The molecule has 0 aromatic carbocycles. The van der Waals surface area contributed by atoms with Crippen LogP contribution in [0.15, 0.2) is 12.1 Å². The smallest absolute Gasteiger partial charge is 0.311 e. The molecular weight excluding hydrogens is 256 g/mol. The molecule has 0 radical (unpaired) electrons. The maximum Gasteiger partial charge on any atom is 0.311 e. The van der Waals surface area contributed by atoms with E-state index in [1.807, 2.05) is 0 Å². The van der Waals surface area contributed by atoms with Gasteiger partial charge in [0.2, 0.25) is 5.82 Å². The third-order valence-corrected chi connectivity index (χ3v) is 4.29. The second kappa shape index (κ2) is 5.26. The maximum absolute atomic E-state index is 11.1. The van der Waals surface area contributed by atoms with Crippen molar-refractivity contribution < 1.29 is 4.92 Å². The Labute approximate surface area is 118 Å². The van der Waals surface area contributed by atoms with Gasteiger partial charge in [-0.05, 0) is 49.5 Å². The summed E-state index contributed by atoms with van der Waals surface area (Å²) in [7, 11) is 1.76. The first-order valence-electron chi connectivity index (χ1n) is 7.26. The van der Waals surface area contributed by atoms with Crippen LogP contribution in [0.5, 0.6) is 0 Å². The number of nitro groups is 1. The van der Waals surface area contributed by atoms with Crippen LogP contribution < -0.4 is 10.6 Å². The fraction of sp³-hybridized carbons (Fsp3) is 0.643. The first kappa shape index (κ1) is 13.1. The van der Waals surface area contributed by atoms with E-state index < -0.39 is 0 Å². The normalized spacial score (nSPS) is 18.1. The average molecular weight is 276 g/mol. The topological polar surface area (TPSA) is 80.1 Å². The van der Waals surface area contributed by atoms with Crippen molar-refractivity contribution in [2.75, 3.05) is 24.2 Å². The Kier molecular flexibility index (Phi) is 3.46. The Bertz CT molecular complexity index is 500. The Hall–Kier alpha value is -1.85. The predicted octanol–water partition coefficient (Wildman–Crippen LogP) is 2.88. The summed E-state index contributed by atoms with van der Waals surface area (Å²) >= 11 is 0. The third-order valence-electron chi connectivity index (χ3n) is 4.29. The predicted molar refractivity (Wildman–Crippen MR) is 77.9 cm³/mol. The molecule has 0 aliphatic heterocycles. The summed E-state index contributed by atoms with van der Waals surface area (Å²) in [6.07, 6.45) is 5.26. The molecule has 2 fully saturated rings. The largest absolute Gasteiger partial charge is 0.373 e. The standard InChI is InChI=1S/C14H20N4O2/c1-15-13-7-6-12(18(19)20)14(17-13)16-8-11(9-2-3-9)10-4-5-10/h6-7,9-11H,2-5,8H2,1H3,(H2,15,16,17). The monoisotopic (exact) mass is 276 g/mol. The van der Waals surface area contributed by atoms with E-state index in [1.54, 1.807) is 13.1 Å². The van der Waals surface area contributed by atoms with Crippen molar-refractivity contribution in [3.8, 4) is 0 Å². The molecule has 0 bridgehead atoms. The summed E-state index contributed by atoms with van der Waals surface area (Å²) in [4.78, 5) is 15.0. The number of hydrogen-bond donors (Lipinski definition) is 2. The zero-order valence-electron chi connectivity index (χ0n) is 11.6. The van der Waals surface area contributed by atoms with Crippen LogP contribution in [-0.4, -0.2) is 23.5 Å². The van der Waals surface area contributed by atoms with Crippen molar-refractivity contribution in [3.63, 3.8) is 0 Å². The van der Waals surface area contributed by atoms with Gasteiger partial charge < -0.3 is 10.6 Å². The summed E-state index contributed by atoms with van der Waals surface area (Å²) in [6, 6.07) is 3.13. The molecule has 6 nitrogen and oxygen atoms in total. The van der Waals surface area contributed by atoms with Crippen LogP contribution in [0.3, 0.4) is 0 Å². The fourth-order valence-corrected chi connectivity index (χ4v) is 2.85. The molecule has 0 atom stereocenters. The van der Waals surface area contributed by atoms with Crippen molar-refractivity contribution in [1.29, 1.82) is 0 Å². The number of aromatic nitrogens is 1. The van der Waals surface area contributed by atoms with Gasteiger partial charge in [0.1, 0.15) is 5.82 Å². The van der Waals surface area contributed by atoms with Crippen molar-refractivity contribution >= 4 is 17.3 Å². The number of hydrogen-bond acceptors (Lipinski definition) is 5. The van der Waals surface area contributed by atoms with Crippen molar-refractivity contribution in [2.24, 2.45) is 17.8 Å². The number of rotatable bonds is 7. The fourth-order valence-electron chi connectivity index (χ4n) is 2.85. The average Bonchev–Trinajstić information content (AvgIpc) is 3.31. The highest BCUT2D eigenvalue weighted by Crippen LogP contribution is 2.49. The second-order valence-electron chi connectivity index (χ2n) is 5.79. The van der Waals surface area contributed by atoms with E-state index >= 15 is 0 Å². The molecule has 2 aliphatic rings. The molecule has 2 saturated carbocycles. The first-order chi connectivity index (χ1) is 9.69. The van der Waals surface area contributed by atoms with Gasteiger partial charge in [0.05, 0.1) is 4.92 Å². The molecule has 1 aromatic heterocycles. The number of nitrogens with zero attached hydrogens (tertiary/aromatic N) is 2. The van der Waals surface area contributed by atoms with Crippen LogP contribution in [0.2, 0.25) is 0 Å². The van der Waals surface area contributed by atoms with Gasteiger partial charge in [-0.3, -0.25) is 10.1 Å². The molecule has 20 heavy (non-hydrogen) atoms. The zero-order valence-corrected chi connectivity index (χ0v) is 11.6. The van der Waals surface area contributed by atoms with Crippen LogP contribution in [-0.2, 0) is 0 Å². The van der Waals surface area contributed by atoms with Crippen LogP contribution in [0.1, 0.15) is 25.7 Å². The summed E-state index contributed by atoms with van der Waals surface area (Å²) in [5.41, 5.74) is 0.0503. The SMILES string of the molecule is CNc1ccc([N+](=O)[O-])c(NCC(C2CC2)C2CC2)n1. The van der Waals surface area contributed by atoms with Gasteiger partial charge in [-0.15, -0.1) is 0 Å². The Morgan fingerprint density at radius 1 is 1.35 bits per heavy atom. The molecule has 2 aliphatic carbocycles. The van der Waals surface area contributed by atoms with Crippen molar-refractivity contribution in [2.45, 2.75) is 25.7 Å².